The lowest BCUT2D eigenvalue weighted by atomic mass is 10.1. The molecule has 0 saturated heterocycles. The molecule has 0 atom stereocenters. The van der Waals surface area contributed by atoms with Gasteiger partial charge in [-0.05, 0) is 31.1 Å². The number of carbonyl (C=O) groups is 2. The molecule has 0 aromatic heterocycles. The molecule has 0 aliphatic carbocycles. The highest BCUT2D eigenvalue weighted by atomic mass is 16.2. The monoisotopic (exact) mass is 353 g/mol. The molecule has 2 rings (SSSR count). The highest BCUT2D eigenvalue weighted by Gasteiger charge is 2.28. The topological polar surface area (TPSA) is 88.5 Å². The van der Waals surface area contributed by atoms with Gasteiger partial charge in [-0.25, -0.2) is 5.01 Å². The predicted molar refractivity (Wildman–Crippen MR) is 99.6 cm³/mol. The number of rotatable bonds is 7. The lowest BCUT2D eigenvalue weighted by Gasteiger charge is -2.29. The van der Waals surface area contributed by atoms with Gasteiger partial charge in [0.15, 0.2) is 0 Å². The van der Waals surface area contributed by atoms with Crippen molar-refractivity contribution in [2.75, 3.05) is 31.6 Å². The van der Waals surface area contributed by atoms with Crippen molar-refractivity contribution in [3.63, 3.8) is 0 Å². The molecule has 7 heteroatoms. The fourth-order valence-electron chi connectivity index (χ4n) is 2.54. The maximum absolute atomic E-state index is 12.2. The summed E-state index contributed by atoms with van der Waals surface area (Å²) in [6, 6.07) is 11.9. The van der Waals surface area contributed by atoms with Crippen molar-refractivity contribution in [2.45, 2.75) is 13.3 Å². The summed E-state index contributed by atoms with van der Waals surface area (Å²) in [5, 5.41) is 13.0. The van der Waals surface area contributed by atoms with Crippen LogP contribution in [0.25, 0.3) is 0 Å². The molecule has 1 aliphatic rings. The van der Waals surface area contributed by atoms with Crippen LogP contribution in [0.1, 0.15) is 13.3 Å². The molecule has 2 amide bonds. The highest BCUT2D eigenvalue weighted by Crippen LogP contribution is 2.18. The van der Waals surface area contributed by atoms with E-state index in [1.807, 2.05) is 43.4 Å². The Morgan fingerprint density at radius 3 is 2.73 bits per heavy atom. The number of hydrogen-bond donors (Lipinski definition) is 2. The van der Waals surface area contributed by atoms with E-state index >= 15 is 0 Å². The number of anilines is 1. The molecule has 1 aromatic rings. The molecule has 0 unspecified atom stereocenters. The van der Waals surface area contributed by atoms with Crippen molar-refractivity contribution in [3.05, 3.63) is 53.8 Å². The van der Waals surface area contributed by atoms with E-state index in [-0.39, 0.29) is 18.0 Å². The molecule has 0 saturated carbocycles. The van der Waals surface area contributed by atoms with Crippen LogP contribution in [0.3, 0.4) is 0 Å². The van der Waals surface area contributed by atoms with E-state index in [4.69, 9.17) is 5.26 Å². The SMILES string of the molecule is C=C1NN(CC(=O)NCCCN(C)c2ccccc2)C(=O)C(C#N)=C1C. The Hall–Kier alpha value is -3.27. The number of nitrogens with zero attached hydrogens (tertiary/aromatic N) is 3. The normalized spacial score (nSPS) is 14.0. The maximum atomic E-state index is 12.2. The van der Waals surface area contributed by atoms with Crippen LogP contribution in [0.4, 0.5) is 5.69 Å². The average molecular weight is 353 g/mol. The minimum atomic E-state index is -0.517. The van der Waals surface area contributed by atoms with Gasteiger partial charge in [-0.3, -0.25) is 15.0 Å². The number of carbonyl (C=O) groups excluding carboxylic acids is 2. The maximum Gasteiger partial charge on any atom is 0.283 e. The molecule has 7 nitrogen and oxygen atoms in total. The van der Waals surface area contributed by atoms with Crippen LogP contribution < -0.4 is 15.6 Å². The van der Waals surface area contributed by atoms with E-state index < -0.39 is 5.91 Å². The summed E-state index contributed by atoms with van der Waals surface area (Å²) in [6.07, 6.45) is 0.772. The van der Waals surface area contributed by atoms with Crippen molar-refractivity contribution >= 4 is 17.5 Å². The fraction of sp³-hybridized carbons (Fsp3) is 0.316. The number of nitrogens with one attached hydrogen (secondary N) is 2. The lowest BCUT2D eigenvalue weighted by molar-refractivity contribution is -0.135. The second-order valence-corrected chi connectivity index (χ2v) is 6.05. The van der Waals surface area contributed by atoms with Crippen molar-refractivity contribution in [2.24, 2.45) is 0 Å². The largest absolute Gasteiger partial charge is 0.375 e. The Bertz CT molecular complexity index is 764. The Morgan fingerprint density at radius 1 is 1.38 bits per heavy atom. The van der Waals surface area contributed by atoms with E-state index in [9.17, 15) is 9.59 Å². The molecule has 26 heavy (non-hydrogen) atoms. The van der Waals surface area contributed by atoms with E-state index in [0.29, 0.717) is 17.8 Å². The van der Waals surface area contributed by atoms with E-state index in [2.05, 4.69) is 22.2 Å². The van der Waals surface area contributed by atoms with Crippen molar-refractivity contribution in [3.8, 4) is 6.07 Å². The Morgan fingerprint density at radius 2 is 2.08 bits per heavy atom. The number of hydrazine groups is 1. The number of hydrogen-bond acceptors (Lipinski definition) is 5. The molecule has 136 valence electrons. The van der Waals surface area contributed by atoms with Gasteiger partial charge in [0, 0.05) is 25.8 Å². The van der Waals surface area contributed by atoms with Crippen LogP contribution in [0.2, 0.25) is 0 Å². The van der Waals surface area contributed by atoms with Gasteiger partial charge in [-0.15, -0.1) is 0 Å². The van der Waals surface area contributed by atoms with Gasteiger partial charge < -0.3 is 10.2 Å². The molecule has 0 bridgehead atoms. The number of benzene rings is 1. The quantitative estimate of drug-likeness (QED) is 0.722. The van der Waals surface area contributed by atoms with Crippen LogP contribution in [-0.4, -0.2) is 43.5 Å². The first-order valence-electron chi connectivity index (χ1n) is 8.35. The Balaban J connectivity index is 1.77. The zero-order valence-electron chi connectivity index (χ0n) is 15.1. The minimum Gasteiger partial charge on any atom is -0.375 e. The van der Waals surface area contributed by atoms with Crippen molar-refractivity contribution in [1.82, 2.24) is 15.8 Å². The van der Waals surface area contributed by atoms with Gasteiger partial charge in [-0.2, -0.15) is 5.26 Å². The summed E-state index contributed by atoms with van der Waals surface area (Å²) in [6.45, 7) is 6.52. The van der Waals surface area contributed by atoms with E-state index in [1.165, 1.54) is 0 Å². The molecule has 1 aromatic carbocycles. The molecule has 0 spiro atoms. The summed E-state index contributed by atoms with van der Waals surface area (Å²) < 4.78 is 0. The molecule has 1 heterocycles. The van der Waals surface area contributed by atoms with Gasteiger partial charge >= 0.3 is 0 Å². The highest BCUT2D eigenvalue weighted by molar-refractivity contribution is 6.01. The number of nitriles is 1. The van der Waals surface area contributed by atoms with E-state index in [1.54, 1.807) is 6.92 Å². The van der Waals surface area contributed by atoms with Crippen LogP contribution >= 0.6 is 0 Å². The van der Waals surface area contributed by atoms with Crippen LogP contribution in [0.5, 0.6) is 0 Å². The third kappa shape index (κ3) is 4.63. The second kappa shape index (κ2) is 8.72. The Labute approximate surface area is 153 Å². The summed E-state index contributed by atoms with van der Waals surface area (Å²) in [5.41, 5.74) is 4.82. The van der Waals surface area contributed by atoms with Crippen LogP contribution in [0.15, 0.2) is 53.8 Å². The molecule has 2 N–H and O–H groups in total. The van der Waals surface area contributed by atoms with Crippen molar-refractivity contribution < 1.29 is 9.59 Å². The smallest absolute Gasteiger partial charge is 0.283 e. The molecule has 0 fully saturated rings. The zero-order valence-corrected chi connectivity index (χ0v) is 15.1. The van der Waals surface area contributed by atoms with Crippen molar-refractivity contribution in [1.29, 1.82) is 5.26 Å². The van der Waals surface area contributed by atoms with Crippen LogP contribution in [-0.2, 0) is 9.59 Å². The summed E-state index contributed by atoms with van der Waals surface area (Å²) in [7, 11) is 2.00. The predicted octanol–water partition coefficient (Wildman–Crippen LogP) is 1.33. The minimum absolute atomic E-state index is 0.00559. The third-order valence-corrected chi connectivity index (χ3v) is 4.16. The molecular weight excluding hydrogens is 330 g/mol. The average Bonchev–Trinajstić information content (AvgIpc) is 2.64. The van der Waals surface area contributed by atoms with Gasteiger partial charge in [0.1, 0.15) is 18.2 Å². The Kier molecular flexibility index (Phi) is 6.39. The number of allylic oxidation sites excluding steroid dienone is 1. The first kappa shape index (κ1) is 19.1. The van der Waals surface area contributed by atoms with Gasteiger partial charge in [0.25, 0.3) is 5.91 Å². The van der Waals surface area contributed by atoms with Gasteiger partial charge in [-0.1, -0.05) is 24.8 Å². The first-order chi connectivity index (χ1) is 12.4. The third-order valence-electron chi connectivity index (χ3n) is 4.16. The lowest BCUT2D eigenvalue weighted by Crippen LogP contribution is -2.51. The number of amides is 2. The van der Waals surface area contributed by atoms with Gasteiger partial charge in [0.2, 0.25) is 5.91 Å². The van der Waals surface area contributed by atoms with Crippen LogP contribution in [0, 0.1) is 11.3 Å². The summed E-state index contributed by atoms with van der Waals surface area (Å²) >= 11 is 0. The first-order valence-corrected chi connectivity index (χ1v) is 8.35. The molecular formula is C19H23N5O2. The van der Waals surface area contributed by atoms with E-state index in [0.717, 1.165) is 23.7 Å². The second-order valence-electron chi connectivity index (χ2n) is 6.05. The number of para-hydroxylation sites is 1. The zero-order chi connectivity index (χ0) is 19.1. The molecule has 0 radical (unpaired) electrons. The summed E-state index contributed by atoms with van der Waals surface area (Å²) in [5.74, 6) is -0.811. The molecule has 1 aliphatic heterocycles. The summed E-state index contributed by atoms with van der Waals surface area (Å²) in [4.78, 5) is 26.4. The fourth-order valence-corrected chi connectivity index (χ4v) is 2.54. The van der Waals surface area contributed by atoms with Gasteiger partial charge in [0.05, 0.1) is 5.70 Å². The standard InChI is InChI=1S/C19H23N5O2/c1-14-15(2)22-24(19(26)17(14)12-20)13-18(25)21-10-7-11-23(3)16-8-5-4-6-9-16/h4-6,8-9,22H,2,7,10-11,13H2,1,3H3,(H,21,25).